The Morgan fingerprint density at radius 1 is 1.29 bits per heavy atom. The minimum atomic E-state index is -0.183. The molecule has 1 N–H and O–H groups in total. The minimum absolute atomic E-state index is 0.140. The number of nitrogens with zero attached hydrogens (tertiary/aromatic N) is 2. The maximum Gasteiger partial charge on any atom is 0.240 e. The number of carbonyl (C=O) groups is 1. The third-order valence-corrected chi connectivity index (χ3v) is 5.38. The fraction of sp³-hybridized carbons (Fsp3) is 0.263. The summed E-state index contributed by atoms with van der Waals surface area (Å²) in [6, 6.07) is 14.3. The number of para-hydroxylation sites is 1. The molecule has 0 fully saturated rings. The van der Waals surface area contributed by atoms with Crippen molar-refractivity contribution in [2.45, 2.75) is 30.7 Å². The average molecular weight is 337 g/mol. The molecule has 0 unspecified atom stereocenters. The minimum Gasteiger partial charge on any atom is -0.333 e. The number of carbonyl (C=O) groups excluding carboxylic acids is 1. The second-order valence-corrected chi connectivity index (χ2v) is 7.52. The number of aromatic nitrogens is 2. The molecule has 0 aliphatic carbocycles. The summed E-state index contributed by atoms with van der Waals surface area (Å²) in [5.41, 5.74) is 5.45. The summed E-state index contributed by atoms with van der Waals surface area (Å²) in [5, 5.41) is 0.613. The van der Waals surface area contributed by atoms with Crippen LogP contribution in [-0.4, -0.2) is 27.7 Å². The molecule has 4 nitrogen and oxygen atoms in total. The lowest BCUT2D eigenvalue weighted by atomic mass is 10.2. The topological polar surface area (TPSA) is 49.0 Å². The van der Waals surface area contributed by atoms with Gasteiger partial charge < -0.3 is 9.88 Å². The first-order valence-electron chi connectivity index (χ1n) is 8.14. The Morgan fingerprint density at radius 2 is 2.12 bits per heavy atom. The first kappa shape index (κ1) is 15.3. The van der Waals surface area contributed by atoms with Gasteiger partial charge in [-0.05, 0) is 49.6 Å². The van der Waals surface area contributed by atoms with Crippen LogP contribution in [0.15, 0.2) is 47.6 Å². The van der Waals surface area contributed by atoms with Gasteiger partial charge in [0.2, 0.25) is 5.91 Å². The number of aryl methyl sites for hydroxylation is 1. The van der Waals surface area contributed by atoms with E-state index in [1.165, 1.54) is 22.9 Å². The van der Waals surface area contributed by atoms with E-state index in [0.29, 0.717) is 0 Å². The molecule has 0 saturated carbocycles. The van der Waals surface area contributed by atoms with Crippen molar-refractivity contribution < 1.29 is 4.79 Å². The Morgan fingerprint density at radius 3 is 3.00 bits per heavy atom. The van der Waals surface area contributed by atoms with Crippen LogP contribution in [-0.2, 0) is 11.2 Å². The lowest BCUT2D eigenvalue weighted by Crippen LogP contribution is -2.35. The molecule has 2 heterocycles. The lowest BCUT2D eigenvalue weighted by Gasteiger charge is -2.20. The van der Waals surface area contributed by atoms with Gasteiger partial charge in [-0.25, -0.2) is 4.98 Å². The Kier molecular flexibility index (Phi) is 3.81. The van der Waals surface area contributed by atoms with Crippen molar-refractivity contribution in [2.75, 3.05) is 11.4 Å². The van der Waals surface area contributed by atoms with E-state index in [2.05, 4.69) is 29.0 Å². The lowest BCUT2D eigenvalue weighted by molar-refractivity contribution is -0.117. The van der Waals surface area contributed by atoms with Crippen molar-refractivity contribution in [2.24, 2.45) is 0 Å². The quantitative estimate of drug-likeness (QED) is 0.737. The van der Waals surface area contributed by atoms with Crippen LogP contribution in [0.25, 0.3) is 11.0 Å². The molecule has 1 aliphatic heterocycles. The molecule has 5 heteroatoms. The number of amides is 1. The molecule has 1 aliphatic rings. The van der Waals surface area contributed by atoms with E-state index in [9.17, 15) is 4.79 Å². The zero-order chi connectivity index (χ0) is 16.7. The summed E-state index contributed by atoms with van der Waals surface area (Å²) in [7, 11) is 0. The predicted molar refractivity (Wildman–Crippen MR) is 98.6 cm³/mol. The Labute approximate surface area is 145 Å². The van der Waals surface area contributed by atoms with E-state index in [4.69, 9.17) is 0 Å². The van der Waals surface area contributed by atoms with E-state index >= 15 is 0 Å². The molecule has 2 aromatic carbocycles. The standard InChI is InChI=1S/C19H19N3OS/c1-12-7-8-15-16(11-12)21-19(20-15)24-13(2)18(23)22-10-9-14-5-3-4-6-17(14)22/h3-8,11,13H,9-10H2,1-2H3,(H,20,21)/t13-/m1/s1. The van der Waals surface area contributed by atoms with Crippen LogP contribution in [0.5, 0.6) is 0 Å². The van der Waals surface area contributed by atoms with Crippen molar-refractivity contribution in [3.63, 3.8) is 0 Å². The van der Waals surface area contributed by atoms with E-state index in [1.807, 2.05) is 42.2 Å². The van der Waals surface area contributed by atoms with Gasteiger partial charge in [0.1, 0.15) is 0 Å². The molecular weight excluding hydrogens is 318 g/mol. The normalized spacial score (nSPS) is 14.8. The number of fused-ring (bicyclic) bond motifs is 2. The summed E-state index contributed by atoms with van der Waals surface area (Å²) in [4.78, 5) is 22.6. The number of hydrogen-bond donors (Lipinski definition) is 1. The predicted octanol–water partition coefficient (Wildman–Crippen LogP) is 3.94. The molecule has 0 spiro atoms. The number of imidazole rings is 1. The van der Waals surface area contributed by atoms with Crippen LogP contribution in [0.1, 0.15) is 18.1 Å². The number of anilines is 1. The molecule has 3 aromatic rings. The van der Waals surface area contributed by atoms with Crippen LogP contribution in [0.4, 0.5) is 5.69 Å². The molecule has 0 bridgehead atoms. The van der Waals surface area contributed by atoms with Crippen molar-refractivity contribution in [1.82, 2.24) is 9.97 Å². The molecule has 1 atom stereocenters. The highest BCUT2D eigenvalue weighted by Crippen LogP contribution is 2.31. The fourth-order valence-corrected chi connectivity index (χ4v) is 4.04. The Bertz CT molecular complexity index is 918. The van der Waals surface area contributed by atoms with E-state index in [1.54, 1.807) is 0 Å². The molecule has 0 saturated heterocycles. The van der Waals surface area contributed by atoms with E-state index in [-0.39, 0.29) is 11.2 Å². The van der Waals surface area contributed by atoms with Crippen molar-refractivity contribution in [1.29, 1.82) is 0 Å². The molecule has 4 rings (SSSR count). The van der Waals surface area contributed by atoms with Gasteiger partial charge in [0.25, 0.3) is 0 Å². The Balaban J connectivity index is 1.53. The number of nitrogens with one attached hydrogen (secondary N) is 1. The summed E-state index contributed by atoms with van der Waals surface area (Å²) in [6.45, 7) is 4.78. The summed E-state index contributed by atoms with van der Waals surface area (Å²) in [5.74, 6) is 0.140. The second kappa shape index (κ2) is 5.98. The van der Waals surface area contributed by atoms with Crippen molar-refractivity contribution >= 4 is 34.4 Å². The number of rotatable bonds is 3. The molecule has 24 heavy (non-hydrogen) atoms. The number of benzene rings is 2. The van der Waals surface area contributed by atoms with E-state index in [0.717, 1.165) is 34.8 Å². The van der Waals surface area contributed by atoms with Gasteiger partial charge in [0.05, 0.1) is 16.3 Å². The monoisotopic (exact) mass is 337 g/mol. The fourth-order valence-electron chi connectivity index (χ4n) is 3.16. The van der Waals surface area contributed by atoms with Gasteiger partial charge in [-0.15, -0.1) is 0 Å². The van der Waals surface area contributed by atoms with Crippen LogP contribution >= 0.6 is 11.8 Å². The van der Waals surface area contributed by atoms with Crippen molar-refractivity contribution in [3.05, 3.63) is 53.6 Å². The summed E-state index contributed by atoms with van der Waals surface area (Å²) in [6.07, 6.45) is 0.934. The summed E-state index contributed by atoms with van der Waals surface area (Å²) < 4.78 is 0. The first-order valence-corrected chi connectivity index (χ1v) is 9.02. The number of thioether (sulfide) groups is 1. The number of hydrogen-bond acceptors (Lipinski definition) is 3. The van der Waals surface area contributed by atoms with Gasteiger partial charge in [-0.1, -0.05) is 36.0 Å². The molecule has 122 valence electrons. The van der Waals surface area contributed by atoms with Crippen LogP contribution in [0, 0.1) is 6.92 Å². The van der Waals surface area contributed by atoms with Gasteiger partial charge in [-0.2, -0.15) is 0 Å². The average Bonchev–Trinajstić information content (AvgIpc) is 3.17. The largest absolute Gasteiger partial charge is 0.333 e. The highest BCUT2D eigenvalue weighted by atomic mass is 32.2. The zero-order valence-corrected chi connectivity index (χ0v) is 14.6. The zero-order valence-electron chi connectivity index (χ0n) is 13.7. The highest BCUT2D eigenvalue weighted by Gasteiger charge is 2.28. The third kappa shape index (κ3) is 2.69. The van der Waals surface area contributed by atoms with Crippen LogP contribution < -0.4 is 4.90 Å². The molecule has 0 radical (unpaired) electrons. The van der Waals surface area contributed by atoms with Gasteiger partial charge in [0.15, 0.2) is 5.16 Å². The molecule has 1 amide bonds. The number of aromatic amines is 1. The third-order valence-electron chi connectivity index (χ3n) is 4.41. The molecule has 1 aromatic heterocycles. The van der Waals surface area contributed by atoms with Gasteiger partial charge >= 0.3 is 0 Å². The van der Waals surface area contributed by atoms with Gasteiger partial charge in [0, 0.05) is 12.2 Å². The first-order chi connectivity index (χ1) is 11.6. The van der Waals surface area contributed by atoms with Gasteiger partial charge in [-0.3, -0.25) is 4.79 Å². The highest BCUT2D eigenvalue weighted by molar-refractivity contribution is 8.00. The maximum atomic E-state index is 12.8. The van der Waals surface area contributed by atoms with Crippen LogP contribution in [0.3, 0.4) is 0 Å². The van der Waals surface area contributed by atoms with Crippen molar-refractivity contribution in [3.8, 4) is 0 Å². The smallest absolute Gasteiger partial charge is 0.240 e. The van der Waals surface area contributed by atoms with Crippen LogP contribution in [0.2, 0.25) is 0 Å². The SMILES string of the molecule is Cc1ccc2nc(S[C@H](C)C(=O)N3CCc4ccccc43)[nH]c2c1. The number of H-pyrrole nitrogens is 1. The second-order valence-electron chi connectivity index (χ2n) is 6.19. The Hall–Kier alpha value is -2.27. The summed E-state index contributed by atoms with van der Waals surface area (Å²) >= 11 is 1.49. The maximum absolute atomic E-state index is 12.8. The molecular formula is C19H19N3OS. The van der Waals surface area contributed by atoms with E-state index < -0.39 is 0 Å².